The number of halogens is 2. The van der Waals surface area contributed by atoms with E-state index in [1.165, 1.54) is 25.2 Å². The molecule has 6 nitrogen and oxygen atoms in total. The first-order valence-corrected chi connectivity index (χ1v) is 11.6. The standard InChI is InChI=1S/C26H36F2N4O2/c1-7-32(23(34)12-11-22(29)33)16-26(5)14-13-18(25(26,3)4)17(2)15-21(31-30-6)24-19(27)9-8-10-20(24)28/h8-10,15,18H,2,7,11-14,16H2,1,3-6H3,(H2,29,33)/b21-15-,31-30-/t18-,26?/m1/s1. The molecule has 2 N–H and O–H groups in total. The van der Waals surface area contributed by atoms with E-state index in [1.807, 2.05) is 6.92 Å². The van der Waals surface area contributed by atoms with Gasteiger partial charge in [0.25, 0.3) is 0 Å². The third-order valence-corrected chi connectivity index (χ3v) is 7.47. The molecular formula is C26H36F2N4O2. The highest BCUT2D eigenvalue weighted by Gasteiger charge is 2.52. The van der Waals surface area contributed by atoms with E-state index in [2.05, 4.69) is 37.6 Å². The summed E-state index contributed by atoms with van der Waals surface area (Å²) in [5.41, 5.74) is 5.26. The van der Waals surface area contributed by atoms with E-state index in [-0.39, 0.29) is 46.8 Å². The molecule has 1 aromatic rings. The number of allylic oxidation sites excluding steroid dienone is 2. The Bertz CT molecular complexity index is 982. The molecule has 1 aliphatic rings. The minimum atomic E-state index is -0.713. The highest BCUT2D eigenvalue weighted by atomic mass is 19.1. The smallest absolute Gasteiger partial charge is 0.223 e. The van der Waals surface area contributed by atoms with Crippen LogP contribution in [0.1, 0.15) is 58.9 Å². The lowest BCUT2D eigenvalue weighted by molar-refractivity contribution is -0.135. The maximum absolute atomic E-state index is 14.4. The van der Waals surface area contributed by atoms with Gasteiger partial charge in [0.2, 0.25) is 11.8 Å². The predicted octanol–water partition coefficient (Wildman–Crippen LogP) is 5.50. The molecular weight excluding hydrogens is 438 g/mol. The summed E-state index contributed by atoms with van der Waals surface area (Å²) in [6.45, 7) is 13.6. The molecule has 2 rings (SSSR count). The summed E-state index contributed by atoms with van der Waals surface area (Å²) in [6, 6.07) is 3.68. The average molecular weight is 475 g/mol. The molecule has 34 heavy (non-hydrogen) atoms. The minimum absolute atomic E-state index is 0.00817. The number of primary amides is 1. The zero-order chi connectivity index (χ0) is 25.7. The van der Waals surface area contributed by atoms with Gasteiger partial charge in [-0.2, -0.15) is 10.2 Å². The van der Waals surface area contributed by atoms with Crippen molar-refractivity contribution in [3.8, 4) is 0 Å². The molecule has 1 fully saturated rings. The van der Waals surface area contributed by atoms with Crippen molar-refractivity contribution in [2.45, 2.75) is 53.4 Å². The van der Waals surface area contributed by atoms with E-state index >= 15 is 0 Å². The van der Waals surface area contributed by atoms with Gasteiger partial charge in [-0.05, 0) is 60.3 Å². The number of rotatable bonds is 10. The van der Waals surface area contributed by atoms with Gasteiger partial charge >= 0.3 is 0 Å². The van der Waals surface area contributed by atoms with E-state index in [4.69, 9.17) is 5.73 Å². The number of carbonyl (C=O) groups excluding carboxylic acids is 2. The van der Waals surface area contributed by atoms with Crippen LogP contribution in [-0.4, -0.2) is 36.9 Å². The Balaban J connectivity index is 2.31. The topological polar surface area (TPSA) is 88.1 Å². The van der Waals surface area contributed by atoms with Crippen LogP contribution in [-0.2, 0) is 9.59 Å². The van der Waals surface area contributed by atoms with Crippen LogP contribution in [0.15, 0.2) is 46.7 Å². The summed E-state index contributed by atoms with van der Waals surface area (Å²) < 4.78 is 28.8. The zero-order valence-electron chi connectivity index (χ0n) is 20.8. The van der Waals surface area contributed by atoms with Crippen LogP contribution in [0.5, 0.6) is 0 Å². The first kappa shape index (κ1) is 27.3. The summed E-state index contributed by atoms with van der Waals surface area (Å²) in [4.78, 5) is 25.5. The van der Waals surface area contributed by atoms with Gasteiger partial charge in [-0.3, -0.25) is 9.59 Å². The normalized spacial score (nSPS) is 22.2. The molecule has 2 atom stereocenters. The molecule has 0 spiro atoms. The number of nitrogens with two attached hydrogens (primary N) is 1. The second-order valence-corrected chi connectivity index (χ2v) is 9.75. The molecule has 1 aliphatic carbocycles. The first-order valence-electron chi connectivity index (χ1n) is 11.6. The largest absolute Gasteiger partial charge is 0.370 e. The van der Waals surface area contributed by atoms with Gasteiger partial charge in [0.15, 0.2) is 0 Å². The van der Waals surface area contributed by atoms with Crippen LogP contribution in [0.4, 0.5) is 8.78 Å². The number of hydrogen-bond acceptors (Lipinski definition) is 4. The van der Waals surface area contributed by atoms with Gasteiger partial charge in [0.1, 0.15) is 11.6 Å². The molecule has 1 unspecified atom stereocenters. The Morgan fingerprint density at radius 2 is 1.85 bits per heavy atom. The molecule has 0 aromatic heterocycles. The van der Waals surface area contributed by atoms with Crippen LogP contribution >= 0.6 is 0 Å². The molecule has 186 valence electrons. The molecule has 1 saturated carbocycles. The maximum atomic E-state index is 14.4. The molecule has 0 aliphatic heterocycles. The van der Waals surface area contributed by atoms with Gasteiger partial charge in [-0.1, -0.05) is 33.4 Å². The van der Waals surface area contributed by atoms with Crippen molar-refractivity contribution in [2.75, 3.05) is 20.1 Å². The van der Waals surface area contributed by atoms with Crippen molar-refractivity contribution in [2.24, 2.45) is 32.7 Å². The summed E-state index contributed by atoms with van der Waals surface area (Å²) in [7, 11) is 1.44. The second kappa shape index (κ2) is 11.0. The molecule has 1 aromatic carbocycles. The SMILES string of the molecule is C=C(/C=C(\N=N/C)c1c(F)cccc1F)[C@H]1CCC(C)(CN(CC)C(=O)CCC(N)=O)C1(C)C. The lowest BCUT2D eigenvalue weighted by Gasteiger charge is -2.45. The van der Waals surface area contributed by atoms with Gasteiger partial charge in [-0.15, -0.1) is 0 Å². The number of hydrogen-bond donors (Lipinski definition) is 1. The summed E-state index contributed by atoms with van der Waals surface area (Å²) in [6.07, 6.45) is 3.39. The number of carbonyl (C=O) groups is 2. The minimum Gasteiger partial charge on any atom is -0.370 e. The zero-order valence-corrected chi connectivity index (χ0v) is 20.8. The van der Waals surface area contributed by atoms with Crippen molar-refractivity contribution in [3.63, 3.8) is 0 Å². The van der Waals surface area contributed by atoms with Crippen LogP contribution in [0.25, 0.3) is 5.70 Å². The quantitative estimate of drug-likeness (QED) is 0.358. The third kappa shape index (κ3) is 5.77. The van der Waals surface area contributed by atoms with Gasteiger partial charge in [0.05, 0.1) is 11.3 Å². The molecule has 0 radical (unpaired) electrons. The monoisotopic (exact) mass is 474 g/mol. The fourth-order valence-electron chi connectivity index (χ4n) is 4.96. The highest BCUT2D eigenvalue weighted by molar-refractivity contribution is 5.82. The lowest BCUT2D eigenvalue weighted by atomic mass is 9.64. The lowest BCUT2D eigenvalue weighted by Crippen LogP contribution is -2.46. The molecule has 8 heteroatoms. The van der Waals surface area contributed by atoms with Gasteiger partial charge in [-0.25, -0.2) is 8.78 Å². The van der Waals surface area contributed by atoms with Crippen molar-refractivity contribution in [3.05, 3.63) is 53.6 Å². The first-order chi connectivity index (χ1) is 15.9. The number of azo groups is 1. The number of benzene rings is 1. The maximum Gasteiger partial charge on any atom is 0.223 e. The summed E-state index contributed by atoms with van der Waals surface area (Å²) in [5.74, 6) is -2.01. The van der Waals surface area contributed by atoms with E-state index in [0.29, 0.717) is 18.7 Å². The second-order valence-electron chi connectivity index (χ2n) is 9.75. The number of nitrogens with zero attached hydrogens (tertiary/aromatic N) is 3. The Labute approximate surface area is 201 Å². The average Bonchev–Trinajstić information content (AvgIpc) is 2.99. The van der Waals surface area contributed by atoms with Crippen LogP contribution in [0.2, 0.25) is 0 Å². The van der Waals surface area contributed by atoms with Crippen molar-refractivity contribution in [1.29, 1.82) is 0 Å². The predicted molar refractivity (Wildman–Crippen MR) is 130 cm³/mol. The Hall–Kier alpha value is -2.90. The van der Waals surface area contributed by atoms with Crippen LogP contribution in [0, 0.1) is 28.4 Å². The molecule has 2 amide bonds. The fourth-order valence-corrected chi connectivity index (χ4v) is 4.96. The molecule has 0 bridgehead atoms. The Kier molecular flexibility index (Phi) is 8.86. The van der Waals surface area contributed by atoms with Crippen molar-refractivity contribution >= 4 is 17.5 Å². The Morgan fingerprint density at radius 1 is 1.24 bits per heavy atom. The van der Waals surface area contributed by atoms with Gasteiger partial charge in [0, 0.05) is 33.0 Å². The van der Waals surface area contributed by atoms with E-state index in [9.17, 15) is 18.4 Å². The van der Waals surface area contributed by atoms with Crippen LogP contribution < -0.4 is 5.73 Å². The molecule has 0 heterocycles. The fraction of sp³-hybridized carbons (Fsp3) is 0.538. The Morgan fingerprint density at radius 3 is 2.38 bits per heavy atom. The van der Waals surface area contributed by atoms with Gasteiger partial charge < -0.3 is 10.6 Å². The van der Waals surface area contributed by atoms with E-state index in [0.717, 1.165) is 12.8 Å². The van der Waals surface area contributed by atoms with Crippen LogP contribution in [0.3, 0.4) is 0 Å². The summed E-state index contributed by atoms with van der Waals surface area (Å²) >= 11 is 0. The third-order valence-electron chi connectivity index (χ3n) is 7.47. The van der Waals surface area contributed by atoms with E-state index < -0.39 is 17.5 Å². The molecule has 0 saturated heterocycles. The van der Waals surface area contributed by atoms with Crippen molar-refractivity contribution < 1.29 is 18.4 Å². The summed E-state index contributed by atoms with van der Waals surface area (Å²) in [5, 5.41) is 7.73. The number of amides is 2. The van der Waals surface area contributed by atoms with E-state index in [1.54, 1.807) is 11.0 Å². The van der Waals surface area contributed by atoms with Crippen molar-refractivity contribution in [1.82, 2.24) is 4.90 Å². The highest BCUT2D eigenvalue weighted by Crippen LogP contribution is 2.58.